The van der Waals surface area contributed by atoms with E-state index in [1.807, 2.05) is 0 Å². The Morgan fingerprint density at radius 1 is 1.39 bits per heavy atom. The smallest absolute Gasteiger partial charge is 0.0625 e. The van der Waals surface area contributed by atoms with Crippen LogP contribution in [0.4, 0.5) is 0 Å². The van der Waals surface area contributed by atoms with E-state index < -0.39 is 0 Å². The van der Waals surface area contributed by atoms with Crippen molar-refractivity contribution >= 4 is 0 Å². The molecule has 1 N–H and O–H groups in total. The van der Waals surface area contributed by atoms with E-state index in [1.165, 1.54) is 17.8 Å². The molecule has 4 heteroatoms. The molecule has 1 aliphatic heterocycles. The zero-order chi connectivity index (χ0) is 13.0. The van der Waals surface area contributed by atoms with Crippen molar-refractivity contribution in [2.24, 2.45) is 0 Å². The van der Waals surface area contributed by atoms with Crippen LogP contribution in [-0.2, 0) is 19.5 Å². The summed E-state index contributed by atoms with van der Waals surface area (Å²) in [5, 5.41) is 8.11. The highest BCUT2D eigenvalue weighted by atomic mass is 15.3. The molecule has 18 heavy (non-hydrogen) atoms. The summed E-state index contributed by atoms with van der Waals surface area (Å²) in [5.74, 6) is 0. The first-order valence-corrected chi connectivity index (χ1v) is 7.25. The average Bonchev–Trinajstić information content (AvgIpc) is 2.67. The number of nitrogens with zero attached hydrogens (tertiary/aromatic N) is 3. The number of hydrogen-bond acceptors (Lipinski definition) is 3. The molecule has 2 heterocycles. The molecule has 1 fully saturated rings. The molecule has 0 bridgehead atoms. The van der Waals surface area contributed by atoms with Crippen LogP contribution in [0.1, 0.15) is 38.6 Å². The van der Waals surface area contributed by atoms with Gasteiger partial charge in [0.25, 0.3) is 0 Å². The van der Waals surface area contributed by atoms with Crippen molar-refractivity contribution in [1.29, 1.82) is 0 Å². The van der Waals surface area contributed by atoms with Crippen LogP contribution in [0, 0.1) is 0 Å². The SMILES string of the molecule is CCc1cc(CN2CCNCCC2C)n(CC)n1. The first-order chi connectivity index (χ1) is 8.74. The summed E-state index contributed by atoms with van der Waals surface area (Å²) < 4.78 is 2.16. The van der Waals surface area contributed by atoms with E-state index >= 15 is 0 Å². The zero-order valence-corrected chi connectivity index (χ0v) is 11.9. The van der Waals surface area contributed by atoms with Crippen LogP contribution in [-0.4, -0.2) is 40.4 Å². The van der Waals surface area contributed by atoms with Gasteiger partial charge in [0.05, 0.1) is 11.4 Å². The summed E-state index contributed by atoms with van der Waals surface area (Å²) in [4.78, 5) is 2.57. The second-order valence-electron chi connectivity index (χ2n) is 5.15. The van der Waals surface area contributed by atoms with Crippen molar-refractivity contribution in [2.75, 3.05) is 19.6 Å². The number of aromatic nitrogens is 2. The van der Waals surface area contributed by atoms with Gasteiger partial charge < -0.3 is 5.32 Å². The molecule has 1 unspecified atom stereocenters. The molecule has 1 saturated heterocycles. The minimum absolute atomic E-state index is 0.658. The van der Waals surface area contributed by atoms with Crippen molar-refractivity contribution in [3.05, 3.63) is 17.5 Å². The Morgan fingerprint density at radius 3 is 2.94 bits per heavy atom. The molecule has 0 amide bonds. The van der Waals surface area contributed by atoms with Crippen LogP contribution in [0.5, 0.6) is 0 Å². The summed E-state index contributed by atoms with van der Waals surface area (Å²) in [7, 11) is 0. The molecular formula is C14H26N4. The minimum Gasteiger partial charge on any atom is -0.315 e. The van der Waals surface area contributed by atoms with E-state index in [0.717, 1.165) is 39.1 Å². The molecule has 1 aliphatic rings. The Balaban J connectivity index is 2.09. The zero-order valence-electron chi connectivity index (χ0n) is 11.9. The summed E-state index contributed by atoms with van der Waals surface area (Å²) in [5.41, 5.74) is 2.58. The maximum atomic E-state index is 4.64. The fourth-order valence-corrected chi connectivity index (χ4v) is 2.59. The molecule has 2 rings (SSSR count). The largest absolute Gasteiger partial charge is 0.315 e. The maximum absolute atomic E-state index is 4.64. The lowest BCUT2D eigenvalue weighted by molar-refractivity contribution is 0.205. The normalized spacial score (nSPS) is 22.1. The minimum atomic E-state index is 0.658. The first-order valence-electron chi connectivity index (χ1n) is 7.25. The molecular weight excluding hydrogens is 224 g/mol. The molecule has 0 aromatic carbocycles. The highest BCUT2D eigenvalue weighted by Gasteiger charge is 2.18. The number of aryl methyl sites for hydroxylation is 2. The number of nitrogens with one attached hydrogen (secondary N) is 1. The Hall–Kier alpha value is -0.870. The quantitative estimate of drug-likeness (QED) is 0.882. The van der Waals surface area contributed by atoms with Gasteiger partial charge in [-0.2, -0.15) is 5.10 Å². The molecule has 1 atom stereocenters. The van der Waals surface area contributed by atoms with Gasteiger partial charge in [-0.25, -0.2) is 0 Å². The standard InChI is InChI=1S/C14H26N4/c1-4-13-10-14(18(5-2)16-13)11-17-9-8-15-7-6-12(17)3/h10,12,15H,4-9,11H2,1-3H3. The van der Waals surface area contributed by atoms with E-state index in [9.17, 15) is 0 Å². The summed E-state index contributed by atoms with van der Waals surface area (Å²) in [6, 6.07) is 2.93. The van der Waals surface area contributed by atoms with Crippen molar-refractivity contribution in [1.82, 2.24) is 20.0 Å². The van der Waals surface area contributed by atoms with Crippen LogP contribution in [0.15, 0.2) is 6.07 Å². The fraction of sp³-hybridized carbons (Fsp3) is 0.786. The fourth-order valence-electron chi connectivity index (χ4n) is 2.59. The van der Waals surface area contributed by atoms with E-state index in [4.69, 9.17) is 0 Å². The van der Waals surface area contributed by atoms with Crippen LogP contribution >= 0.6 is 0 Å². The molecule has 102 valence electrons. The molecule has 0 spiro atoms. The summed E-state index contributed by atoms with van der Waals surface area (Å²) in [6.07, 6.45) is 2.26. The van der Waals surface area contributed by atoms with Gasteiger partial charge in [0.15, 0.2) is 0 Å². The second-order valence-corrected chi connectivity index (χ2v) is 5.15. The van der Waals surface area contributed by atoms with Gasteiger partial charge >= 0.3 is 0 Å². The Morgan fingerprint density at radius 2 is 2.22 bits per heavy atom. The van der Waals surface area contributed by atoms with Gasteiger partial charge in [0.2, 0.25) is 0 Å². The molecule has 1 aromatic rings. The Kier molecular flexibility index (Phi) is 4.78. The van der Waals surface area contributed by atoms with E-state index in [2.05, 4.69) is 46.8 Å². The van der Waals surface area contributed by atoms with Gasteiger partial charge in [-0.1, -0.05) is 6.92 Å². The van der Waals surface area contributed by atoms with Crippen LogP contribution in [0.3, 0.4) is 0 Å². The molecule has 1 aromatic heterocycles. The second kappa shape index (κ2) is 6.34. The predicted octanol–water partition coefficient (Wildman–Crippen LogP) is 1.65. The lowest BCUT2D eigenvalue weighted by atomic mass is 10.2. The van der Waals surface area contributed by atoms with Gasteiger partial charge in [-0.3, -0.25) is 9.58 Å². The third-order valence-electron chi connectivity index (χ3n) is 3.88. The summed E-state index contributed by atoms with van der Waals surface area (Å²) >= 11 is 0. The lowest BCUT2D eigenvalue weighted by Crippen LogP contribution is -2.34. The number of hydrogen-bond donors (Lipinski definition) is 1. The highest BCUT2D eigenvalue weighted by Crippen LogP contribution is 2.13. The predicted molar refractivity (Wildman–Crippen MR) is 74.6 cm³/mol. The van der Waals surface area contributed by atoms with Crippen molar-refractivity contribution in [3.63, 3.8) is 0 Å². The number of rotatable bonds is 4. The first kappa shape index (κ1) is 13.6. The summed E-state index contributed by atoms with van der Waals surface area (Å²) in [6.45, 7) is 12.1. The van der Waals surface area contributed by atoms with Crippen molar-refractivity contribution < 1.29 is 0 Å². The molecule has 4 nitrogen and oxygen atoms in total. The Labute approximate surface area is 110 Å². The van der Waals surface area contributed by atoms with Crippen LogP contribution in [0.25, 0.3) is 0 Å². The van der Waals surface area contributed by atoms with Crippen molar-refractivity contribution in [3.8, 4) is 0 Å². The maximum Gasteiger partial charge on any atom is 0.0625 e. The lowest BCUT2D eigenvalue weighted by Gasteiger charge is -2.26. The van der Waals surface area contributed by atoms with E-state index in [0.29, 0.717) is 6.04 Å². The molecule has 0 saturated carbocycles. The van der Waals surface area contributed by atoms with Gasteiger partial charge in [0.1, 0.15) is 0 Å². The monoisotopic (exact) mass is 250 g/mol. The topological polar surface area (TPSA) is 33.1 Å². The third-order valence-corrected chi connectivity index (χ3v) is 3.88. The molecule has 0 aliphatic carbocycles. The van der Waals surface area contributed by atoms with Crippen molar-refractivity contribution in [2.45, 2.75) is 52.7 Å². The van der Waals surface area contributed by atoms with E-state index in [-0.39, 0.29) is 0 Å². The molecule has 0 radical (unpaired) electrons. The van der Waals surface area contributed by atoms with Crippen LogP contribution < -0.4 is 5.32 Å². The highest BCUT2D eigenvalue weighted by molar-refractivity contribution is 5.10. The van der Waals surface area contributed by atoms with Gasteiger partial charge in [-0.15, -0.1) is 0 Å². The average molecular weight is 250 g/mol. The van der Waals surface area contributed by atoms with E-state index in [1.54, 1.807) is 0 Å². The van der Waals surface area contributed by atoms with Gasteiger partial charge in [0, 0.05) is 32.2 Å². The van der Waals surface area contributed by atoms with Gasteiger partial charge in [-0.05, 0) is 39.3 Å². The Bertz CT molecular complexity index is 372. The third kappa shape index (κ3) is 3.12. The van der Waals surface area contributed by atoms with Crippen LogP contribution in [0.2, 0.25) is 0 Å².